The number of hydrogen-bond donors (Lipinski definition) is 2. The first-order valence-corrected chi connectivity index (χ1v) is 6.22. The van der Waals surface area contributed by atoms with Crippen LogP contribution in [0.1, 0.15) is 21.6 Å². The molecule has 1 amide bonds. The highest BCUT2D eigenvalue weighted by atomic mass is 16.1. The average Bonchev–Trinajstić information content (AvgIpc) is 2.75. The van der Waals surface area contributed by atoms with Crippen LogP contribution in [0, 0.1) is 18.8 Å². The summed E-state index contributed by atoms with van der Waals surface area (Å²) in [7, 11) is 1.78. The number of anilines is 1. The largest absolute Gasteiger partial charge is 0.320 e. The van der Waals surface area contributed by atoms with Gasteiger partial charge >= 0.3 is 0 Å². The number of nitrogens with one attached hydrogen (secondary N) is 1. The van der Waals surface area contributed by atoms with Crippen molar-refractivity contribution < 1.29 is 4.79 Å². The molecule has 0 saturated carbocycles. The maximum Gasteiger partial charge on any atom is 0.258 e. The maximum atomic E-state index is 12.3. The summed E-state index contributed by atoms with van der Waals surface area (Å²) in [5.74, 6) is 6.09. The van der Waals surface area contributed by atoms with Gasteiger partial charge in [-0.15, -0.1) is 0 Å². The first-order chi connectivity index (χ1) is 9.61. The highest BCUT2D eigenvalue weighted by molar-refractivity contribution is 6.05. The minimum absolute atomic E-state index is 0.213. The van der Waals surface area contributed by atoms with E-state index in [2.05, 4.69) is 22.3 Å². The van der Waals surface area contributed by atoms with Crippen molar-refractivity contribution in [3.63, 3.8) is 0 Å². The molecule has 1 aromatic heterocycles. The zero-order chi connectivity index (χ0) is 14.5. The number of aryl methyl sites for hydroxylation is 2. The van der Waals surface area contributed by atoms with Crippen molar-refractivity contribution in [1.82, 2.24) is 9.78 Å². The predicted octanol–water partition coefficient (Wildman–Crippen LogP) is 1.29. The monoisotopic (exact) mass is 268 g/mol. The summed E-state index contributed by atoms with van der Waals surface area (Å²) in [6.07, 6.45) is 0. The molecule has 2 rings (SSSR count). The van der Waals surface area contributed by atoms with Gasteiger partial charge in [0, 0.05) is 18.7 Å². The Bertz CT molecular complexity index is 691. The minimum atomic E-state index is -0.213. The van der Waals surface area contributed by atoms with Gasteiger partial charge in [-0.25, -0.2) is 0 Å². The topological polar surface area (TPSA) is 72.9 Å². The smallest absolute Gasteiger partial charge is 0.258 e. The van der Waals surface area contributed by atoms with Crippen LogP contribution in [-0.2, 0) is 7.05 Å². The lowest BCUT2D eigenvalue weighted by atomic mass is 10.1. The molecule has 0 aliphatic rings. The second kappa shape index (κ2) is 6.04. The second-order valence-electron chi connectivity index (χ2n) is 4.30. The van der Waals surface area contributed by atoms with Gasteiger partial charge in [-0.05, 0) is 19.1 Å². The van der Waals surface area contributed by atoms with E-state index >= 15 is 0 Å². The van der Waals surface area contributed by atoms with E-state index in [1.807, 2.05) is 19.1 Å². The molecule has 0 aliphatic carbocycles. The Labute approximate surface area is 117 Å². The van der Waals surface area contributed by atoms with E-state index in [0.29, 0.717) is 16.9 Å². The van der Waals surface area contributed by atoms with Crippen molar-refractivity contribution in [2.45, 2.75) is 6.92 Å². The Kier molecular flexibility index (Phi) is 4.18. The molecule has 0 unspecified atom stereocenters. The van der Waals surface area contributed by atoms with Crippen LogP contribution in [0.3, 0.4) is 0 Å². The van der Waals surface area contributed by atoms with Crippen molar-refractivity contribution in [3.8, 4) is 11.8 Å². The van der Waals surface area contributed by atoms with Gasteiger partial charge in [-0.2, -0.15) is 5.10 Å². The zero-order valence-corrected chi connectivity index (χ0v) is 11.5. The summed E-state index contributed by atoms with van der Waals surface area (Å²) in [4.78, 5) is 12.3. The predicted molar refractivity (Wildman–Crippen MR) is 78.3 cm³/mol. The van der Waals surface area contributed by atoms with E-state index in [0.717, 1.165) is 5.69 Å². The van der Waals surface area contributed by atoms with E-state index in [1.165, 1.54) is 0 Å². The molecule has 1 heterocycles. The molecular formula is C15H16N4O. The molecule has 2 aromatic rings. The van der Waals surface area contributed by atoms with Crippen LogP contribution < -0.4 is 11.1 Å². The second-order valence-corrected chi connectivity index (χ2v) is 4.30. The third-order valence-corrected chi connectivity index (χ3v) is 2.74. The fourth-order valence-electron chi connectivity index (χ4n) is 1.85. The summed E-state index contributed by atoms with van der Waals surface area (Å²) in [6.45, 7) is 2.13. The lowest BCUT2D eigenvalue weighted by molar-refractivity contribution is 0.102. The minimum Gasteiger partial charge on any atom is -0.320 e. The summed E-state index contributed by atoms with van der Waals surface area (Å²) in [5, 5.41) is 7.01. The Hall–Kier alpha value is -2.58. The summed E-state index contributed by atoms with van der Waals surface area (Å²) in [6, 6.07) is 8.99. The number of carbonyl (C=O) groups is 1. The number of nitrogens with two attached hydrogens (primary N) is 1. The Morgan fingerprint density at radius 1 is 1.45 bits per heavy atom. The Balaban J connectivity index is 2.28. The lowest BCUT2D eigenvalue weighted by Crippen LogP contribution is -2.15. The summed E-state index contributed by atoms with van der Waals surface area (Å²) in [5.41, 5.74) is 7.39. The SMILES string of the molecule is Cc1cc(NC(=O)c2ccccc2C#CCN)n(C)n1. The molecule has 0 aliphatic heterocycles. The molecule has 0 bridgehead atoms. The van der Waals surface area contributed by atoms with Crippen LogP contribution in [0.25, 0.3) is 0 Å². The van der Waals surface area contributed by atoms with Gasteiger partial charge < -0.3 is 11.1 Å². The Morgan fingerprint density at radius 3 is 2.85 bits per heavy atom. The molecule has 5 heteroatoms. The quantitative estimate of drug-likeness (QED) is 0.806. The molecule has 102 valence electrons. The number of amides is 1. The van der Waals surface area contributed by atoms with E-state index in [1.54, 1.807) is 29.9 Å². The van der Waals surface area contributed by atoms with Gasteiger partial charge in [-0.1, -0.05) is 24.0 Å². The van der Waals surface area contributed by atoms with Crippen molar-refractivity contribution in [2.24, 2.45) is 12.8 Å². The van der Waals surface area contributed by atoms with Crippen molar-refractivity contribution >= 4 is 11.7 Å². The van der Waals surface area contributed by atoms with Crippen LogP contribution in [0.15, 0.2) is 30.3 Å². The van der Waals surface area contributed by atoms with Crippen LogP contribution in [0.5, 0.6) is 0 Å². The first kappa shape index (κ1) is 13.8. The standard InChI is InChI=1S/C15H16N4O/c1-11-10-14(19(2)18-11)17-15(20)13-8-4-3-6-12(13)7-5-9-16/h3-4,6,8,10H,9,16H2,1-2H3,(H,17,20). The molecule has 0 atom stereocenters. The number of benzene rings is 1. The lowest BCUT2D eigenvalue weighted by Gasteiger charge is -2.06. The third-order valence-electron chi connectivity index (χ3n) is 2.74. The number of hydrogen-bond acceptors (Lipinski definition) is 3. The Morgan fingerprint density at radius 2 is 2.20 bits per heavy atom. The number of rotatable bonds is 2. The first-order valence-electron chi connectivity index (χ1n) is 6.22. The van der Waals surface area contributed by atoms with Crippen LogP contribution >= 0.6 is 0 Å². The normalized spacial score (nSPS) is 9.75. The van der Waals surface area contributed by atoms with Crippen LogP contribution in [-0.4, -0.2) is 22.2 Å². The molecule has 3 N–H and O–H groups in total. The van der Waals surface area contributed by atoms with Gasteiger partial charge in [0.05, 0.1) is 17.8 Å². The number of nitrogens with zero attached hydrogens (tertiary/aromatic N) is 2. The third kappa shape index (κ3) is 3.05. The van der Waals surface area contributed by atoms with E-state index in [-0.39, 0.29) is 12.5 Å². The van der Waals surface area contributed by atoms with Gasteiger partial charge in [0.1, 0.15) is 5.82 Å². The van der Waals surface area contributed by atoms with Gasteiger partial charge in [-0.3, -0.25) is 9.48 Å². The molecule has 0 radical (unpaired) electrons. The maximum absolute atomic E-state index is 12.3. The highest BCUT2D eigenvalue weighted by Crippen LogP contribution is 2.13. The number of aromatic nitrogens is 2. The van der Waals surface area contributed by atoms with Gasteiger partial charge in [0.2, 0.25) is 0 Å². The highest BCUT2D eigenvalue weighted by Gasteiger charge is 2.12. The fourth-order valence-corrected chi connectivity index (χ4v) is 1.85. The van der Waals surface area contributed by atoms with E-state index in [9.17, 15) is 4.79 Å². The molecule has 0 fully saturated rings. The summed E-state index contributed by atoms with van der Waals surface area (Å²) >= 11 is 0. The molecule has 1 aromatic carbocycles. The molecular weight excluding hydrogens is 252 g/mol. The molecule has 20 heavy (non-hydrogen) atoms. The van der Waals surface area contributed by atoms with Crippen molar-refractivity contribution in [2.75, 3.05) is 11.9 Å². The number of carbonyl (C=O) groups excluding carboxylic acids is 1. The zero-order valence-electron chi connectivity index (χ0n) is 11.5. The summed E-state index contributed by atoms with van der Waals surface area (Å²) < 4.78 is 1.63. The molecule has 0 spiro atoms. The van der Waals surface area contributed by atoms with Gasteiger partial charge in [0.15, 0.2) is 0 Å². The van der Waals surface area contributed by atoms with Crippen LogP contribution in [0.2, 0.25) is 0 Å². The van der Waals surface area contributed by atoms with E-state index in [4.69, 9.17) is 5.73 Å². The molecule has 0 saturated heterocycles. The van der Waals surface area contributed by atoms with Crippen molar-refractivity contribution in [1.29, 1.82) is 0 Å². The van der Waals surface area contributed by atoms with Gasteiger partial charge in [0.25, 0.3) is 5.91 Å². The average molecular weight is 268 g/mol. The van der Waals surface area contributed by atoms with Crippen LogP contribution in [0.4, 0.5) is 5.82 Å². The molecule has 5 nitrogen and oxygen atoms in total. The van der Waals surface area contributed by atoms with E-state index < -0.39 is 0 Å². The fraction of sp³-hybridized carbons (Fsp3) is 0.200. The van der Waals surface area contributed by atoms with Crippen molar-refractivity contribution in [3.05, 3.63) is 47.2 Å².